The van der Waals surface area contributed by atoms with Gasteiger partial charge in [0.15, 0.2) is 12.4 Å². The molecule has 0 radical (unpaired) electrons. The summed E-state index contributed by atoms with van der Waals surface area (Å²) in [5, 5.41) is 2.63. The lowest BCUT2D eigenvalue weighted by atomic mass is 10.1. The summed E-state index contributed by atoms with van der Waals surface area (Å²) in [5.41, 5.74) is 1.36. The molecule has 0 fully saturated rings. The molecule has 0 aliphatic carbocycles. The number of hydrogen-bond acceptors (Lipinski definition) is 4. The summed E-state index contributed by atoms with van der Waals surface area (Å²) in [6.45, 7) is 1.57. The van der Waals surface area contributed by atoms with Gasteiger partial charge in [-0.25, -0.2) is 12.8 Å². The van der Waals surface area contributed by atoms with Gasteiger partial charge in [-0.15, -0.1) is 0 Å². The molecule has 2 aromatic carbocycles. The number of rotatable bonds is 3. The number of halogens is 1. The third kappa shape index (κ3) is 3.11. The Morgan fingerprint density at radius 3 is 2.61 bits per heavy atom. The summed E-state index contributed by atoms with van der Waals surface area (Å²) in [7, 11) is -3.90. The first-order valence-electron chi connectivity index (χ1n) is 6.71. The van der Waals surface area contributed by atoms with Crippen molar-refractivity contribution in [3.8, 4) is 5.75 Å². The highest BCUT2D eigenvalue weighted by molar-refractivity contribution is 7.92. The molecular formula is C15H13FN2O4S. The van der Waals surface area contributed by atoms with Gasteiger partial charge >= 0.3 is 0 Å². The van der Waals surface area contributed by atoms with Crippen LogP contribution in [0.3, 0.4) is 0 Å². The zero-order valence-corrected chi connectivity index (χ0v) is 12.9. The van der Waals surface area contributed by atoms with E-state index in [0.29, 0.717) is 5.69 Å². The number of sulfonamides is 1. The molecule has 23 heavy (non-hydrogen) atoms. The second kappa shape index (κ2) is 5.54. The van der Waals surface area contributed by atoms with E-state index in [1.165, 1.54) is 12.1 Å². The molecule has 2 aromatic rings. The normalized spacial score (nSPS) is 13.7. The van der Waals surface area contributed by atoms with Gasteiger partial charge in [-0.1, -0.05) is 0 Å². The van der Waals surface area contributed by atoms with Crippen LogP contribution in [0.15, 0.2) is 41.3 Å². The second-order valence-corrected chi connectivity index (χ2v) is 6.77. The van der Waals surface area contributed by atoms with Crippen molar-refractivity contribution in [1.82, 2.24) is 0 Å². The van der Waals surface area contributed by atoms with Crippen LogP contribution in [0.5, 0.6) is 5.75 Å². The van der Waals surface area contributed by atoms with E-state index in [0.717, 1.165) is 17.7 Å². The summed E-state index contributed by atoms with van der Waals surface area (Å²) < 4.78 is 45.5. The van der Waals surface area contributed by atoms with Crippen LogP contribution in [0.4, 0.5) is 15.8 Å². The Labute approximate surface area is 132 Å². The van der Waals surface area contributed by atoms with Crippen molar-refractivity contribution in [3.63, 3.8) is 0 Å². The molecule has 6 nitrogen and oxygen atoms in total. The van der Waals surface area contributed by atoms with Crippen LogP contribution >= 0.6 is 0 Å². The number of ether oxygens (including phenoxy) is 1. The maximum atomic E-state index is 12.9. The van der Waals surface area contributed by atoms with Crippen molar-refractivity contribution in [2.75, 3.05) is 16.6 Å². The van der Waals surface area contributed by atoms with Crippen LogP contribution in [-0.2, 0) is 14.8 Å². The number of fused-ring (bicyclic) bond motifs is 1. The quantitative estimate of drug-likeness (QED) is 0.900. The first-order valence-corrected chi connectivity index (χ1v) is 8.19. The van der Waals surface area contributed by atoms with Crippen LogP contribution in [-0.4, -0.2) is 20.9 Å². The van der Waals surface area contributed by atoms with E-state index in [4.69, 9.17) is 4.74 Å². The standard InChI is InChI=1S/C15H13FN2O4S/c1-9-6-12-15(22-8-14(19)17-12)13(7-9)18-23(20,21)11-4-2-10(16)3-5-11/h2-7,18H,8H2,1H3,(H,17,19). The molecule has 1 aliphatic heterocycles. The number of carbonyl (C=O) groups excluding carboxylic acids is 1. The molecule has 1 heterocycles. The molecule has 8 heteroatoms. The van der Waals surface area contributed by atoms with Gasteiger partial charge in [0.2, 0.25) is 0 Å². The first kappa shape index (κ1) is 15.3. The molecule has 0 spiro atoms. The Kier molecular flexibility index (Phi) is 3.69. The molecule has 3 rings (SSSR count). The van der Waals surface area contributed by atoms with Crippen LogP contribution < -0.4 is 14.8 Å². The number of carbonyl (C=O) groups is 1. The number of amides is 1. The minimum atomic E-state index is -3.90. The third-order valence-corrected chi connectivity index (χ3v) is 4.60. The van der Waals surface area contributed by atoms with Gasteiger partial charge in [-0.2, -0.15) is 0 Å². The minimum absolute atomic E-state index is 0.0750. The van der Waals surface area contributed by atoms with E-state index in [1.807, 2.05) is 0 Å². The number of anilines is 2. The molecule has 0 bridgehead atoms. The zero-order valence-electron chi connectivity index (χ0n) is 12.1. The van der Waals surface area contributed by atoms with Crippen molar-refractivity contribution in [2.45, 2.75) is 11.8 Å². The van der Waals surface area contributed by atoms with Crippen LogP contribution in [0.1, 0.15) is 5.56 Å². The highest BCUT2D eigenvalue weighted by atomic mass is 32.2. The van der Waals surface area contributed by atoms with Crippen molar-refractivity contribution >= 4 is 27.3 Å². The van der Waals surface area contributed by atoms with Gasteiger partial charge < -0.3 is 10.1 Å². The Bertz CT molecular complexity index is 879. The Hall–Kier alpha value is -2.61. The Morgan fingerprint density at radius 2 is 1.91 bits per heavy atom. The largest absolute Gasteiger partial charge is 0.479 e. The second-order valence-electron chi connectivity index (χ2n) is 5.09. The smallest absolute Gasteiger partial charge is 0.262 e. The molecule has 1 aliphatic rings. The van der Waals surface area contributed by atoms with Crippen molar-refractivity contribution in [3.05, 3.63) is 47.8 Å². The average Bonchev–Trinajstić information content (AvgIpc) is 2.46. The van der Waals surface area contributed by atoms with Gasteiger partial charge in [0.25, 0.3) is 15.9 Å². The lowest BCUT2D eigenvalue weighted by Crippen LogP contribution is -2.26. The molecular weight excluding hydrogens is 323 g/mol. The van der Waals surface area contributed by atoms with Gasteiger partial charge in [-0.05, 0) is 48.9 Å². The average molecular weight is 336 g/mol. The minimum Gasteiger partial charge on any atom is -0.479 e. The third-order valence-electron chi connectivity index (χ3n) is 3.22. The van der Waals surface area contributed by atoms with Gasteiger partial charge in [-0.3, -0.25) is 9.52 Å². The lowest BCUT2D eigenvalue weighted by Gasteiger charge is -2.22. The number of nitrogens with one attached hydrogen (secondary N) is 2. The topological polar surface area (TPSA) is 84.5 Å². The number of aryl methyl sites for hydroxylation is 1. The molecule has 0 saturated carbocycles. The molecule has 120 valence electrons. The summed E-state index contributed by atoms with van der Waals surface area (Å²) in [4.78, 5) is 11.3. The molecule has 2 N–H and O–H groups in total. The highest BCUT2D eigenvalue weighted by Crippen LogP contribution is 2.38. The number of benzene rings is 2. The van der Waals surface area contributed by atoms with Crippen LogP contribution in [0, 0.1) is 12.7 Å². The fraction of sp³-hybridized carbons (Fsp3) is 0.133. The first-order chi connectivity index (χ1) is 10.8. The van der Waals surface area contributed by atoms with Crippen LogP contribution in [0.2, 0.25) is 0 Å². The van der Waals surface area contributed by atoms with E-state index in [-0.39, 0.29) is 28.8 Å². The molecule has 0 aromatic heterocycles. The maximum absolute atomic E-state index is 12.9. The predicted molar refractivity (Wildman–Crippen MR) is 82.5 cm³/mol. The molecule has 0 atom stereocenters. The molecule has 0 unspecified atom stereocenters. The summed E-state index contributed by atoms with van der Waals surface area (Å²) in [5.74, 6) is -0.584. The summed E-state index contributed by atoms with van der Waals surface area (Å²) in [6, 6.07) is 7.75. The fourth-order valence-electron chi connectivity index (χ4n) is 2.24. The van der Waals surface area contributed by atoms with Gasteiger partial charge in [0.1, 0.15) is 5.82 Å². The molecule has 1 amide bonds. The fourth-order valence-corrected chi connectivity index (χ4v) is 3.29. The maximum Gasteiger partial charge on any atom is 0.262 e. The van der Waals surface area contributed by atoms with E-state index < -0.39 is 15.8 Å². The van der Waals surface area contributed by atoms with Gasteiger partial charge in [0, 0.05) is 0 Å². The van der Waals surface area contributed by atoms with Gasteiger partial charge in [0.05, 0.1) is 16.3 Å². The van der Waals surface area contributed by atoms with Crippen molar-refractivity contribution in [2.24, 2.45) is 0 Å². The van der Waals surface area contributed by atoms with Crippen molar-refractivity contribution in [1.29, 1.82) is 0 Å². The summed E-state index contributed by atoms with van der Waals surface area (Å²) in [6.07, 6.45) is 0. The Balaban J connectivity index is 1.99. The van der Waals surface area contributed by atoms with E-state index in [1.54, 1.807) is 19.1 Å². The number of hydrogen-bond donors (Lipinski definition) is 2. The SMILES string of the molecule is Cc1cc2c(c(NS(=O)(=O)c3ccc(F)cc3)c1)OCC(=O)N2. The lowest BCUT2D eigenvalue weighted by molar-refractivity contribution is -0.118. The van der Waals surface area contributed by atoms with Crippen LogP contribution in [0.25, 0.3) is 0 Å². The monoisotopic (exact) mass is 336 g/mol. The van der Waals surface area contributed by atoms with E-state index in [9.17, 15) is 17.6 Å². The molecule has 0 saturated heterocycles. The Morgan fingerprint density at radius 1 is 1.22 bits per heavy atom. The summed E-state index contributed by atoms with van der Waals surface area (Å²) >= 11 is 0. The van der Waals surface area contributed by atoms with Crippen molar-refractivity contribution < 1.29 is 22.3 Å². The zero-order chi connectivity index (χ0) is 16.6. The predicted octanol–water partition coefficient (Wildman–Crippen LogP) is 2.27. The van der Waals surface area contributed by atoms with E-state index >= 15 is 0 Å². The highest BCUT2D eigenvalue weighted by Gasteiger charge is 2.23. The van der Waals surface area contributed by atoms with E-state index in [2.05, 4.69) is 10.0 Å².